The van der Waals surface area contributed by atoms with Gasteiger partial charge in [-0.15, -0.1) is 0 Å². The van der Waals surface area contributed by atoms with Crippen LogP contribution >= 0.6 is 0 Å². The highest BCUT2D eigenvalue weighted by Crippen LogP contribution is 1.93. The Morgan fingerprint density at radius 3 is 1.42 bits per heavy atom. The summed E-state index contributed by atoms with van der Waals surface area (Å²) in [6, 6.07) is 0. The van der Waals surface area contributed by atoms with Crippen molar-refractivity contribution in [1.82, 2.24) is 0 Å². The summed E-state index contributed by atoms with van der Waals surface area (Å²) in [4.78, 5) is 53.2. The van der Waals surface area contributed by atoms with Crippen LogP contribution in [-0.4, -0.2) is 63.0 Å². The van der Waals surface area contributed by atoms with Crippen molar-refractivity contribution in [3.05, 3.63) is 12.2 Å². The van der Waals surface area contributed by atoms with Crippen LogP contribution in [0, 0.1) is 0 Å². The SMILES string of the molecule is C=C(C)C(=O)OCCOC(=O)CC(C)=O.COCCOC(=O)CC(C)=O. The average Bonchev–Trinajstić information content (AvgIpc) is 2.50. The van der Waals surface area contributed by atoms with E-state index in [9.17, 15) is 24.0 Å². The number of carbonyl (C=O) groups excluding carboxylic acids is 5. The predicted molar refractivity (Wildman–Crippen MR) is 90.2 cm³/mol. The van der Waals surface area contributed by atoms with Gasteiger partial charge in [0.25, 0.3) is 0 Å². The maximum absolute atomic E-state index is 10.8. The molecule has 26 heavy (non-hydrogen) atoms. The Labute approximate surface area is 152 Å². The van der Waals surface area contributed by atoms with Crippen LogP contribution in [0.4, 0.5) is 0 Å². The normalized spacial score (nSPS) is 9.23. The Morgan fingerprint density at radius 1 is 0.692 bits per heavy atom. The van der Waals surface area contributed by atoms with Crippen molar-refractivity contribution in [3.63, 3.8) is 0 Å². The summed E-state index contributed by atoms with van der Waals surface area (Å²) in [5, 5.41) is 0. The molecular weight excluding hydrogens is 348 g/mol. The largest absolute Gasteiger partial charge is 0.463 e. The second-order valence-electron chi connectivity index (χ2n) is 5.11. The van der Waals surface area contributed by atoms with Gasteiger partial charge in [0.15, 0.2) is 0 Å². The molecule has 0 radical (unpaired) electrons. The highest BCUT2D eigenvalue weighted by molar-refractivity contribution is 5.94. The Kier molecular flexibility index (Phi) is 15.8. The van der Waals surface area contributed by atoms with Gasteiger partial charge in [-0.3, -0.25) is 19.2 Å². The molecule has 0 N–H and O–H groups in total. The molecule has 0 aliphatic heterocycles. The Hall–Kier alpha value is -2.55. The molecule has 0 unspecified atom stereocenters. The maximum atomic E-state index is 10.8. The van der Waals surface area contributed by atoms with Gasteiger partial charge < -0.3 is 18.9 Å². The fourth-order valence-corrected chi connectivity index (χ4v) is 1.16. The van der Waals surface area contributed by atoms with Crippen LogP contribution in [0.5, 0.6) is 0 Å². The molecule has 9 nitrogen and oxygen atoms in total. The molecule has 0 fully saturated rings. The second kappa shape index (κ2) is 15.9. The molecule has 0 aliphatic rings. The van der Waals surface area contributed by atoms with Crippen LogP contribution in [0.2, 0.25) is 0 Å². The molecule has 0 amide bonds. The smallest absolute Gasteiger partial charge is 0.333 e. The monoisotopic (exact) mass is 374 g/mol. The van der Waals surface area contributed by atoms with Gasteiger partial charge in [0.05, 0.1) is 6.61 Å². The summed E-state index contributed by atoms with van der Waals surface area (Å²) in [6.45, 7) is 8.03. The fourth-order valence-electron chi connectivity index (χ4n) is 1.16. The first-order valence-corrected chi connectivity index (χ1v) is 7.71. The molecule has 0 bridgehead atoms. The minimum Gasteiger partial charge on any atom is -0.463 e. The summed E-state index contributed by atoms with van der Waals surface area (Å²) in [7, 11) is 1.51. The third kappa shape index (κ3) is 19.5. The van der Waals surface area contributed by atoms with Gasteiger partial charge in [0, 0.05) is 12.7 Å². The Bertz CT molecular complexity index is 508. The van der Waals surface area contributed by atoms with E-state index in [4.69, 9.17) is 0 Å². The number of hydrogen-bond donors (Lipinski definition) is 0. The Balaban J connectivity index is 0. The standard InChI is InChI=1S/C10H14O5.C7H12O4/c1-7(2)10(13)15-5-4-14-9(12)6-8(3)11;1-6(8)5-7(9)11-4-3-10-2/h1,4-6H2,2-3H3;3-5H2,1-2H3. The van der Waals surface area contributed by atoms with E-state index in [1.807, 2.05) is 0 Å². The quantitative estimate of drug-likeness (QED) is 0.170. The molecule has 0 heterocycles. The highest BCUT2D eigenvalue weighted by atomic mass is 16.6. The molecule has 0 aliphatic carbocycles. The van der Waals surface area contributed by atoms with Crippen molar-refractivity contribution in [2.24, 2.45) is 0 Å². The molecule has 0 aromatic carbocycles. The highest BCUT2D eigenvalue weighted by Gasteiger charge is 2.07. The van der Waals surface area contributed by atoms with E-state index < -0.39 is 17.9 Å². The number of ketones is 2. The van der Waals surface area contributed by atoms with Crippen molar-refractivity contribution in [2.75, 3.05) is 33.5 Å². The van der Waals surface area contributed by atoms with Gasteiger partial charge in [0.2, 0.25) is 0 Å². The minimum atomic E-state index is -0.617. The molecule has 0 saturated carbocycles. The second-order valence-corrected chi connectivity index (χ2v) is 5.11. The molecule has 0 aromatic rings. The molecule has 9 heteroatoms. The van der Waals surface area contributed by atoms with Crippen LogP contribution < -0.4 is 0 Å². The van der Waals surface area contributed by atoms with Gasteiger partial charge in [-0.05, 0) is 20.8 Å². The Morgan fingerprint density at radius 2 is 1.08 bits per heavy atom. The van der Waals surface area contributed by atoms with E-state index in [2.05, 4.69) is 25.5 Å². The number of hydrogen-bond acceptors (Lipinski definition) is 9. The van der Waals surface area contributed by atoms with Crippen LogP contribution in [-0.2, 0) is 42.9 Å². The van der Waals surface area contributed by atoms with Gasteiger partial charge >= 0.3 is 17.9 Å². The average molecular weight is 374 g/mol. The molecule has 148 valence electrons. The molecule has 0 rings (SSSR count). The summed E-state index contributed by atoms with van der Waals surface area (Å²) in [6.07, 6.45) is -0.405. The van der Waals surface area contributed by atoms with Crippen molar-refractivity contribution in [1.29, 1.82) is 0 Å². The summed E-state index contributed by atoms with van der Waals surface area (Å²) in [5.74, 6) is -2.09. The van der Waals surface area contributed by atoms with Crippen molar-refractivity contribution in [3.8, 4) is 0 Å². The first-order chi connectivity index (χ1) is 12.1. The zero-order chi connectivity index (χ0) is 20.5. The topological polar surface area (TPSA) is 122 Å². The van der Waals surface area contributed by atoms with Crippen LogP contribution in [0.1, 0.15) is 33.6 Å². The lowest BCUT2D eigenvalue weighted by molar-refractivity contribution is -0.151. The minimum absolute atomic E-state index is 0.0324. The fraction of sp³-hybridized carbons (Fsp3) is 0.588. The lowest BCUT2D eigenvalue weighted by atomic mass is 10.3. The van der Waals surface area contributed by atoms with Crippen molar-refractivity contribution < 1.29 is 42.9 Å². The third-order valence-corrected chi connectivity index (χ3v) is 2.27. The van der Waals surface area contributed by atoms with Gasteiger partial charge in [0.1, 0.15) is 44.2 Å². The molecule has 0 saturated heterocycles. The van der Waals surface area contributed by atoms with E-state index in [0.29, 0.717) is 6.61 Å². The molecule has 0 spiro atoms. The van der Waals surface area contributed by atoms with E-state index in [-0.39, 0.29) is 49.8 Å². The number of Topliss-reactive ketones (excluding diaryl/α,β-unsaturated/α-hetero) is 2. The summed E-state index contributed by atoms with van der Waals surface area (Å²) >= 11 is 0. The number of carbonyl (C=O) groups is 5. The van der Waals surface area contributed by atoms with Crippen LogP contribution in [0.3, 0.4) is 0 Å². The molecular formula is C17H26O9. The zero-order valence-corrected chi connectivity index (χ0v) is 15.6. The third-order valence-electron chi connectivity index (χ3n) is 2.27. The van der Waals surface area contributed by atoms with E-state index in [1.54, 1.807) is 0 Å². The van der Waals surface area contributed by atoms with Crippen molar-refractivity contribution >= 4 is 29.5 Å². The lowest BCUT2D eigenvalue weighted by Gasteiger charge is -2.05. The van der Waals surface area contributed by atoms with Gasteiger partial charge in [-0.2, -0.15) is 0 Å². The lowest BCUT2D eigenvalue weighted by Crippen LogP contribution is -2.15. The number of rotatable bonds is 11. The van der Waals surface area contributed by atoms with Crippen molar-refractivity contribution in [2.45, 2.75) is 33.6 Å². The predicted octanol–water partition coefficient (Wildman–Crippen LogP) is 0.783. The van der Waals surface area contributed by atoms with Crippen LogP contribution in [0.25, 0.3) is 0 Å². The molecule has 0 atom stereocenters. The number of ether oxygens (including phenoxy) is 4. The van der Waals surface area contributed by atoms with Crippen LogP contribution in [0.15, 0.2) is 12.2 Å². The van der Waals surface area contributed by atoms with E-state index >= 15 is 0 Å². The first-order valence-electron chi connectivity index (χ1n) is 7.71. The van der Waals surface area contributed by atoms with E-state index in [1.165, 1.54) is 27.9 Å². The maximum Gasteiger partial charge on any atom is 0.333 e. The number of methoxy groups -OCH3 is 1. The van der Waals surface area contributed by atoms with E-state index in [0.717, 1.165) is 0 Å². The van der Waals surface area contributed by atoms with Gasteiger partial charge in [-0.25, -0.2) is 4.79 Å². The summed E-state index contributed by atoms with van der Waals surface area (Å²) < 4.78 is 18.5. The zero-order valence-electron chi connectivity index (χ0n) is 15.6. The first kappa shape index (κ1) is 25.7. The molecule has 0 aromatic heterocycles. The number of esters is 3. The summed E-state index contributed by atoms with van der Waals surface area (Å²) in [5.41, 5.74) is 0.282. The van der Waals surface area contributed by atoms with Gasteiger partial charge in [-0.1, -0.05) is 6.58 Å².